The van der Waals surface area contributed by atoms with Crippen molar-refractivity contribution in [1.82, 2.24) is 24.5 Å². The molecule has 8 heteroatoms. The average Bonchev–Trinajstić information content (AvgIpc) is 2.93. The van der Waals surface area contributed by atoms with Gasteiger partial charge in [-0.15, -0.1) is 0 Å². The van der Waals surface area contributed by atoms with E-state index in [1.54, 1.807) is 14.0 Å². The van der Waals surface area contributed by atoms with Crippen LogP contribution in [0.4, 0.5) is 0 Å². The normalized spacial score (nSPS) is 10.6. The van der Waals surface area contributed by atoms with Crippen LogP contribution in [0.1, 0.15) is 29.9 Å². The molecule has 0 unspecified atom stereocenters. The van der Waals surface area contributed by atoms with Crippen LogP contribution < -0.4 is 0 Å². The van der Waals surface area contributed by atoms with Crippen molar-refractivity contribution in [2.24, 2.45) is 0 Å². The maximum Gasteiger partial charge on any atom is 0.325 e. The van der Waals surface area contributed by atoms with E-state index >= 15 is 0 Å². The van der Waals surface area contributed by atoms with Crippen LogP contribution in [-0.4, -0.2) is 56.6 Å². The van der Waals surface area contributed by atoms with Crippen molar-refractivity contribution in [1.29, 1.82) is 0 Å². The molecule has 2 heterocycles. The molecule has 0 saturated carbocycles. The van der Waals surface area contributed by atoms with E-state index in [0.29, 0.717) is 23.5 Å². The molecule has 1 amide bonds. The first-order chi connectivity index (χ1) is 10.1. The Morgan fingerprint density at radius 1 is 1.33 bits per heavy atom. The first-order valence-electron chi connectivity index (χ1n) is 6.67. The van der Waals surface area contributed by atoms with Crippen LogP contribution >= 0.6 is 0 Å². The van der Waals surface area contributed by atoms with Gasteiger partial charge in [-0.3, -0.25) is 9.59 Å². The molecule has 0 aromatic carbocycles. The fourth-order valence-corrected chi connectivity index (χ4v) is 2.02. The van der Waals surface area contributed by atoms with Crippen molar-refractivity contribution in [3.05, 3.63) is 23.8 Å². The summed E-state index contributed by atoms with van der Waals surface area (Å²) in [6.07, 6.45) is 3.45. The molecular formula is C13H17N5O3. The topological polar surface area (TPSA) is 89.7 Å². The fraction of sp³-hybridized carbons (Fsp3) is 0.462. The molecule has 0 aliphatic heterocycles. The number of ether oxygens (including phenoxy) is 1. The van der Waals surface area contributed by atoms with Crippen LogP contribution in [0.2, 0.25) is 0 Å². The quantitative estimate of drug-likeness (QED) is 0.737. The third kappa shape index (κ3) is 2.99. The zero-order chi connectivity index (χ0) is 15.4. The van der Waals surface area contributed by atoms with Gasteiger partial charge in [0.2, 0.25) is 0 Å². The van der Waals surface area contributed by atoms with Crippen molar-refractivity contribution < 1.29 is 14.3 Å². The van der Waals surface area contributed by atoms with Gasteiger partial charge < -0.3 is 9.64 Å². The molecule has 0 spiro atoms. The second kappa shape index (κ2) is 6.29. The molecule has 8 nitrogen and oxygen atoms in total. The number of fused-ring (bicyclic) bond motifs is 1. The lowest BCUT2D eigenvalue weighted by Gasteiger charge is -2.17. The van der Waals surface area contributed by atoms with E-state index in [9.17, 15) is 9.59 Å². The van der Waals surface area contributed by atoms with Gasteiger partial charge in [-0.05, 0) is 13.3 Å². The van der Waals surface area contributed by atoms with Crippen LogP contribution in [0.15, 0.2) is 12.5 Å². The Balaban J connectivity index is 2.28. The van der Waals surface area contributed by atoms with Gasteiger partial charge in [0, 0.05) is 13.2 Å². The average molecular weight is 291 g/mol. The highest BCUT2D eigenvalue weighted by molar-refractivity contribution is 5.96. The Labute approximate surface area is 121 Å². The highest BCUT2D eigenvalue weighted by Gasteiger charge is 2.20. The van der Waals surface area contributed by atoms with Gasteiger partial charge in [0.05, 0.1) is 17.9 Å². The first kappa shape index (κ1) is 14.9. The summed E-state index contributed by atoms with van der Waals surface area (Å²) in [5.41, 5.74) is 1.11. The highest BCUT2D eigenvalue weighted by Crippen LogP contribution is 2.12. The molecule has 2 rings (SSSR count). The van der Waals surface area contributed by atoms with E-state index in [-0.39, 0.29) is 19.1 Å². The molecule has 0 aliphatic rings. The number of hydrogen-bond donors (Lipinski definition) is 0. The van der Waals surface area contributed by atoms with E-state index in [0.717, 1.165) is 0 Å². The summed E-state index contributed by atoms with van der Waals surface area (Å²) < 4.78 is 6.37. The van der Waals surface area contributed by atoms with Crippen LogP contribution in [0.25, 0.3) is 5.78 Å². The van der Waals surface area contributed by atoms with Crippen LogP contribution in [0.3, 0.4) is 0 Å². The molecule has 2 aromatic rings. The van der Waals surface area contributed by atoms with Crippen molar-refractivity contribution in [2.45, 2.75) is 20.3 Å². The zero-order valence-electron chi connectivity index (χ0n) is 12.2. The molecule has 0 fully saturated rings. The molecule has 0 bridgehead atoms. The first-order valence-corrected chi connectivity index (χ1v) is 6.67. The summed E-state index contributed by atoms with van der Waals surface area (Å²) in [7, 11) is 1.55. The SMILES string of the molecule is CCOC(=O)CN(C)C(=O)c1cnc2ncnn2c1CC. The van der Waals surface area contributed by atoms with E-state index in [2.05, 4.69) is 15.1 Å². The Hall–Kier alpha value is -2.51. The number of rotatable bonds is 5. The summed E-state index contributed by atoms with van der Waals surface area (Å²) in [6, 6.07) is 0. The Morgan fingerprint density at radius 3 is 2.76 bits per heavy atom. The van der Waals surface area contributed by atoms with Crippen molar-refractivity contribution in [3.63, 3.8) is 0 Å². The summed E-state index contributed by atoms with van der Waals surface area (Å²) in [4.78, 5) is 33.3. The van der Waals surface area contributed by atoms with Crippen LogP contribution in [0, 0.1) is 0 Å². The zero-order valence-corrected chi connectivity index (χ0v) is 12.2. The number of carbonyl (C=O) groups excluding carboxylic acids is 2. The van der Waals surface area contributed by atoms with Gasteiger partial charge >= 0.3 is 5.97 Å². The Morgan fingerprint density at radius 2 is 2.10 bits per heavy atom. The third-order valence-electron chi connectivity index (χ3n) is 2.99. The van der Waals surface area contributed by atoms with Crippen molar-refractivity contribution in [2.75, 3.05) is 20.2 Å². The Kier molecular flexibility index (Phi) is 4.46. The second-order valence-corrected chi connectivity index (χ2v) is 4.41. The van der Waals surface area contributed by atoms with E-state index in [1.165, 1.54) is 21.9 Å². The molecule has 0 atom stereocenters. The smallest absolute Gasteiger partial charge is 0.325 e. The number of aryl methyl sites for hydroxylation is 1. The lowest BCUT2D eigenvalue weighted by molar-refractivity contribution is -0.143. The van der Waals surface area contributed by atoms with Crippen LogP contribution in [0.5, 0.6) is 0 Å². The molecule has 112 valence electrons. The molecule has 2 aromatic heterocycles. The minimum Gasteiger partial charge on any atom is -0.465 e. The Bertz CT molecular complexity index is 667. The monoisotopic (exact) mass is 291 g/mol. The lowest BCUT2D eigenvalue weighted by atomic mass is 10.1. The van der Waals surface area contributed by atoms with Crippen molar-refractivity contribution in [3.8, 4) is 0 Å². The highest BCUT2D eigenvalue weighted by atomic mass is 16.5. The molecule has 0 N–H and O–H groups in total. The number of amides is 1. The maximum absolute atomic E-state index is 12.4. The molecular weight excluding hydrogens is 274 g/mol. The summed E-state index contributed by atoms with van der Waals surface area (Å²) in [6.45, 7) is 3.81. The van der Waals surface area contributed by atoms with E-state index < -0.39 is 5.97 Å². The van der Waals surface area contributed by atoms with Gasteiger partial charge in [-0.25, -0.2) is 9.50 Å². The summed E-state index contributed by atoms with van der Waals surface area (Å²) >= 11 is 0. The number of hydrogen-bond acceptors (Lipinski definition) is 6. The summed E-state index contributed by atoms with van der Waals surface area (Å²) in [5.74, 6) is -0.303. The van der Waals surface area contributed by atoms with Crippen LogP contribution in [-0.2, 0) is 16.0 Å². The predicted molar refractivity (Wildman–Crippen MR) is 73.8 cm³/mol. The standard InChI is InChI=1S/C13H17N5O3/c1-4-10-9(6-14-13-15-8-16-18(10)13)12(20)17(3)7-11(19)21-5-2/h6,8H,4-5,7H2,1-3H3. The maximum atomic E-state index is 12.4. The number of esters is 1. The summed E-state index contributed by atoms with van der Waals surface area (Å²) in [5, 5.41) is 4.06. The van der Waals surface area contributed by atoms with Gasteiger partial charge in [-0.1, -0.05) is 6.92 Å². The van der Waals surface area contributed by atoms with Gasteiger partial charge in [-0.2, -0.15) is 10.1 Å². The van der Waals surface area contributed by atoms with Gasteiger partial charge in [0.15, 0.2) is 0 Å². The van der Waals surface area contributed by atoms with Crippen molar-refractivity contribution >= 4 is 17.7 Å². The number of nitrogens with zero attached hydrogens (tertiary/aromatic N) is 5. The van der Waals surface area contributed by atoms with E-state index in [4.69, 9.17) is 4.74 Å². The minimum atomic E-state index is -0.443. The number of likely N-dealkylation sites (N-methyl/N-ethyl adjacent to an activating group) is 1. The molecule has 0 radical (unpaired) electrons. The fourth-order valence-electron chi connectivity index (χ4n) is 2.02. The molecule has 0 aliphatic carbocycles. The lowest BCUT2D eigenvalue weighted by Crippen LogP contribution is -2.34. The second-order valence-electron chi connectivity index (χ2n) is 4.41. The predicted octanol–water partition coefficient (Wildman–Crippen LogP) is 0.322. The molecule has 0 saturated heterocycles. The largest absolute Gasteiger partial charge is 0.465 e. The van der Waals surface area contributed by atoms with E-state index in [1.807, 2.05) is 6.92 Å². The molecule has 21 heavy (non-hydrogen) atoms. The van der Waals surface area contributed by atoms with Gasteiger partial charge in [0.1, 0.15) is 12.9 Å². The number of aromatic nitrogens is 4. The third-order valence-corrected chi connectivity index (χ3v) is 2.99. The van der Waals surface area contributed by atoms with Gasteiger partial charge in [0.25, 0.3) is 11.7 Å². The number of carbonyl (C=O) groups is 2. The minimum absolute atomic E-state index is 0.106.